The van der Waals surface area contributed by atoms with Gasteiger partial charge in [-0.3, -0.25) is 13.9 Å². The minimum absolute atomic E-state index is 0.152. The quantitative estimate of drug-likeness (QED) is 0.216. The molecule has 0 unspecified atom stereocenters. The summed E-state index contributed by atoms with van der Waals surface area (Å²) >= 11 is 0. The third-order valence-corrected chi connectivity index (χ3v) is 8.11. The maximum absolute atomic E-state index is 14.8. The van der Waals surface area contributed by atoms with Crippen LogP contribution in [0.3, 0.4) is 0 Å². The molecule has 10 heteroatoms. The van der Waals surface area contributed by atoms with Crippen LogP contribution in [0.5, 0.6) is 5.75 Å². The van der Waals surface area contributed by atoms with Gasteiger partial charge in [-0.1, -0.05) is 78.9 Å². The molecule has 1 N–H and O–H groups in total. The van der Waals surface area contributed by atoms with Crippen LogP contribution in [0.15, 0.2) is 109 Å². The number of carbonyl (C=O) groups excluding carboxylic acids is 2. The lowest BCUT2D eigenvalue weighted by atomic mass is 10.0. The largest absolute Gasteiger partial charge is 0.489 e. The summed E-state index contributed by atoms with van der Waals surface area (Å²) in [5.74, 6) is -1.09. The summed E-state index contributed by atoms with van der Waals surface area (Å²) in [4.78, 5) is 28.7. The number of hydrogen-bond acceptors (Lipinski definition) is 5. The van der Waals surface area contributed by atoms with Gasteiger partial charge < -0.3 is 15.0 Å². The van der Waals surface area contributed by atoms with E-state index in [1.807, 2.05) is 60.7 Å². The van der Waals surface area contributed by atoms with Crippen molar-refractivity contribution in [1.29, 1.82) is 0 Å². The molecule has 0 aliphatic carbocycles. The maximum atomic E-state index is 14.8. The number of likely N-dealkylation sites (N-methyl/N-ethyl adjacent to an activating group) is 1. The van der Waals surface area contributed by atoms with Gasteiger partial charge in [0.05, 0.1) is 11.9 Å². The second kappa shape index (κ2) is 15.2. The van der Waals surface area contributed by atoms with Gasteiger partial charge in [-0.25, -0.2) is 12.8 Å². The Morgan fingerprint density at radius 1 is 0.841 bits per heavy atom. The molecule has 0 spiro atoms. The van der Waals surface area contributed by atoms with Crippen molar-refractivity contribution in [3.8, 4) is 5.75 Å². The van der Waals surface area contributed by atoms with E-state index in [1.165, 1.54) is 23.1 Å². The van der Waals surface area contributed by atoms with Crippen molar-refractivity contribution in [3.63, 3.8) is 0 Å². The fraction of sp³-hybridized carbons (Fsp3) is 0.235. The first-order valence-electron chi connectivity index (χ1n) is 14.2. The van der Waals surface area contributed by atoms with Crippen molar-refractivity contribution in [1.82, 2.24) is 10.2 Å². The zero-order valence-corrected chi connectivity index (χ0v) is 25.5. The van der Waals surface area contributed by atoms with Crippen LogP contribution in [0.4, 0.5) is 10.1 Å². The molecule has 1 atom stereocenters. The van der Waals surface area contributed by atoms with E-state index in [4.69, 9.17) is 4.74 Å². The van der Waals surface area contributed by atoms with Gasteiger partial charge in [0.1, 0.15) is 30.8 Å². The van der Waals surface area contributed by atoms with Crippen molar-refractivity contribution in [3.05, 3.63) is 132 Å². The van der Waals surface area contributed by atoms with Gasteiger partial charge in [-0.05, 0) is 48.4 Å². The van der Waals surface area contributed by atoms with Crippen LogP contribution in [-0.4, -0.2) is 50.5 Å². The predicted octanol–water partition coefficient (Wildman–Crippen LogP) is 4.95. The summed E-state index contributed by atoms with van der Waals surface area (Å²) in [6.45, 7) is 1.59. The van der Waals surface area contributed by atoms with Gasteiger partial charge in [-0.15, -0.1) is 0 Å². The van der Waals surface area contributed by atoms with Crippen LogP contribution in [0.1, 0.15) is 23.6 Å². The molecule has 4 rings (SSSR count). The zero-order valence-electron chi connectivity index (χ0n) is 24.7. The van der Waals surface area contributed by atoms with Crippen LogP contribution in [0.2, 0.25) is 0 Å². The van der Waals surface area contributed by atoms with E-state index in [0.29, 0.717) is 18.9 Å². The van der Waals surface area contributed by atoms with Gasteiger partial charge in [0, 0.05) is 25.1 Å². The number of sulfonamides is 1. The molecule has 0 radical (unpaired) electrons. The summed E-state index contributed by atoms with van der Waals surface area (Å²) in [5, 5.41) is 2.77. The predicted molar refractivity (Wildman–Crippen MR) is 169 cm³/mol. The Labute approximate surface area is 258 Å². The minimum atomic E-state index is -3.94. The number of halogens is 1. The third kappa shape index (κ3) is 8.90. The fourth-order valence-electron chi connectivity index (χ4n) is 4.72. The van der Waals surface area contributed by atoms with E-state index < -0.39 is 40.2 Å². The molecule has 0 saturated carbocycles. The second-order valence-corrected chi connectivity index (χ2v) is 12.2. The molecule has 4 aromatic rings. The lowest BCUT2D eigenvalue weighted by Gasteiger charge is -2.33. The normalized spacial score (nSPS) is 11.8. The number of benzene rings is 4. The molecule has 8 nitrogen and oxygen atoms in total. The summed E-state index contributed by atoms with van der Waals surface area (Å²) in [5.41, 5.74) is 2.22. The number of ether oxygens (including phenoxy) is 1. The molecule has 0 fully saturated rings. The number of rotatable bonds is 14. The van der Waals surface area contributed by atoms with Crippen molar-refractivity contribution < 1.29 is 27.1 Å². The highest BCUT2D eigenvalue weighted by atomic mass is 32.2. The first kappa shape index (κ1) is 32.2. The van der Waals surface area contributed by atoms with Crippen molar-refractivity contribution in [2.75, 3.05) is 23.7 Å². The molecule has 0 saturated heterocycles. The molecule has 44 heavy (non-hydrogen) atoms. The standard InChI is InChI=1S/C34H36FN3O5S/c1-3-36-34(40)32(22-26-12-6-4-7-13-26)37(23-28-16-10-11-17-31(28)35)33(39)24-38(44(2,41)42)29-18-20-30(21-19-29)43-25-27-14-8-5-9-15-27/h4-21,32H,3,22-25H2,1-2H3,(H,36,40)/t32-/m0/s1. The monoisotopic (exact) mass is 617 g/mol. The van der Waals surface area contributed by atoms with E-state index in [0.717, 1.165) is 21.7 Å². The Kier molecular flexibility index (Phi) is 11.1. The van der Waals surface area contributed by atoms with Gasteiger partial charge in [-0.2, -0.15) is 0 Å². The van der Waals surface area contributed by atoms with Crippen LogP contribution in [0.25, 0.3) is 0 Å². The van der Waals surface area contributed by atoms with Gasteiger partial charge >= 0.3 is 0 Å². The maximum Gasteiger partial charge on any atom is 0.244 e. The van der Waals surface area contributed by atoms with E-state index in [1.54, 1.807) is 37.3 Å². The average Bonchev–Trinajstić information content (AvgIpc) is 3.02. The number of carbonyl (C=O) groups is 2. The lowest BCUT2D eigenvalue weighted by molar-refractivity contribution is -0.140. The number of hydrogen-bond donors (Lipinski definition) is 1. The van der Waals surface area contributed by atoms with Crippen LogP contribution in [0, 0.1) is 5.82 Å². The SMILES string of the molecule is CCNC(=O)[C@H](Cc1ccccc1)N(Cc1ccccc1F)C(=O)CN(c1ccc(OCc2ccccc2)cc1)S(C)(=O)=O. The Balaban J connectivity index is 1.63. The smallest absolute Gasteiger partial charge is 0.244 e. The summed E-state index contributed by atoms with van der Waals surface area (Å²) in [6, 6.07) is 30.1. The highest BCUT2D eigenvalue weighted by molar-refractivity contribution is 7.92. The van der Waals surface area contributed by atoms with Crippen molar-refractivity contribution in [2.45, 2.75) is 32.5 Å². The minimum Gasteiger partial charge on any atom is -0.489 e. The molecule has 2 amide bonds. The highest BCUT2D eigenvalue weighted by Gasteiger charge is 2.33. The zero-order chi connectivity index (χ0) is 31.5. The van der Waals surface area contributed by atoms with Crippen molar-refractivity contribution in [2.24, 2.45) is 0 Å². The molecule has 4 aromatic carbocycles. The summed E-state index contributed by atoms with van der Waals surface area (Å²) in [6.07, 6.45) is 1.16. The number of nitrogens with one attached hydrogen (secondary N) is 1. The summed E-state index contributed by atoms with van der Waals surface area (Å²) in [7, 11) is -3.94. The Hall–Kier alpha value is -4.70. The number of nitrogens with zero attached hydrogens (tertiary/aromatic N) is 2. The van der Waals surface area contributed by atoms with E-state index in [9.17, 15) is 22.4 Å². The number of amides is 2. The highest BCUT2D eigenvalue weighted by Crippen LogP contribution is 2.24. The molecular weight excluding hydrogens is 581 g/mol. The van der Waals surface area contributed by atoms with Gasteiger partial charge in [0.2, 0.25) is 21.8 Å². The van der Waals surface area contributed by atoms with Crippen LogP contribution < -0.4 is 14.4 Å². The average molecular weight is 618 g/mol. The molecule has 230 valence electrons. The molecule has 0 bridgehead atoms. The molecule has 0 aliphatic rings. The number of anilines is 1. The first-order valence-corrected chi connectivity index (χ1v) is 16.1. The van der Waals surface area contributed by atoms with Crippen LogP contribution >= 0.6 is 0 Å². The third-order valence-electron chi connectivity index (χ3n) is 6.97. The lowest BCUT2D eigenvalue weighted by Crippen LogP contribution is -2.53. The Bertz CT molecular complexity index is 1630. The molecule has 0 aromatic heterocycles. The summed E-state index contributed by atoms with van der Waals surface area (Å²) < 4.78 is 47.6. The van der Waals surface area contributed by atoms with Crippen LogP contribution in [-0.2, 0) is 39.2 Å². The van der Waals surface area contributed by atoms with Gasteiger partial charge in [0.25, 0.3) is 0 Å². The molecule has 0 heterocycles. The molecular formula is C34H36FN3O5S. The van der Waals surface area contributed by atoms with E-state index in [-0.39, 0.29) is 24.2 Å². The molecule has 0 aliphatic heterocycles. The van der Waals surface area contributed by atoms with E-state index >= 15 is 0 Å². The van der Waals surface area contributed by atoms with Crippen molar-refractivity contribution >= 4 is 27.5 Å². The Morgan fingerprint density at radius 2 is 1.43 bits per heavy atom. The fourth-order valence-corrected chi connectivity index (χ4v) is 5.57. The second-order valence-electron chi connectivity index (χ2n) is 10.3. The van der Waals surface area contributed by atoms with Gasteiger partial charge in [0.15, 0.2) is 0 Å². The topological polar surface area (TPSA) is 96.0 Å². The first-order chi connectivity index (χ1) is 21.2. The van der Waals surface area contributed by atoms with E-state index in [2.05, 4.69) is 5.32 Å². The Morgan fingerprint density at radius 3 is 2.02 bits per heavy atom.